The number of amides is 2. The lowest BCUT2D eigenvalue weighted by Crippen LogP contribution is -2.62. The van der Waals surface area contributed by atoms with E-state index in [0.29, 0.717) is 18.7 Å². The van der Waals surface area contributed by atoms with E-state index in [9.17, 15) is 30.0 Å². The Balaban J connectivity index is 2.11. The summed E-state index contributed by atoms with van der Waals surface area (Å²) in [5.74, 6) is -2.32. The van der Waals surface area contributed by atoms with Crippen LogP contribution in [0.4, 0.5) is 4.79 Å². The first-order valence-corrected chi connectivity index (χ1v) is 19.3. The second-order valence-corrected chi connectivity index (χ2v) is 16.7. The lowest BCUT2D eigenvalue weighted by atomic mass is 9.78. The van der Waals surface area contributed by atoms with Gasteiger partial charge in [0.05, 0.1) is 35.9 Å². The highest BCUT2D eigenvalue weighted by molar-refractivity contribution is 5.74. The number of carbonyl (C=O) groups excluding carboxylic acids is 2. The quantitative estimate of drug-likeness (QED) is 0.299. The van der Waals surface area contributed by atoms with Crippen LogP contribution in [0.15, 0.2) is 30.3 Å². The second kappa shape index (κ2) is 18.4. The zero-order valence-corrected chi connectivity index (χ0v) is 34.3. The van der Waals surface area contributed by atoms with E-state index in [1.807, 2.05) is 70.0 Å². The molecule has 304 valence electrons. The number of rotatable bonds is 7. The Labute approximate surface area is 317 Å². The highest BCUT2D eigenvalue weighted by Gasteiger charge is 2.51. The van der Waals surface area contributed by atoms with E-state index in [1.165, 1.54) is 13.8 Å². The molecule has 0 bridgehead atoms. The van der Waals surface area contributed by atoms with Gasteiger partial charge in [-0.2, -0.15) is 0 Å². The smallest absolute Gasteiger partial charge is 0.320 e. The highest BCUT2D eigenvalue weighted by atomic mass is 16.7. The number of ether oxygens (including phenoxy) is 4. The third-order valence-electron chi connectivity index (χ3n) is 11.7. The summed E-state index contributed by atoms with van der Waals surface area (Å²) in [4.78, 5) is 32.5. The van der Waals surface area contributed by atoms with Crippen LogP contribution in [0.1, 0.15) is 88.5 Å². The van der Waals surface area contributed by atoms with Gasteiger partial charge in [-0.3, -0.25) is 4.79 Å². The van der Waals surface area contributed by atoms with Gasteiger partial charge in [0.15, 0.2) is 12.4 Å². The Morgan fingerprint density at radius 3 is 2.23 bits per heavy atom. The van der Waals surface area contributed by atoms with E-state index in [0.717, 1.165) is 0 Å². The number of para-hydroxylation sites is 1. The van der Waals surface area contributed by atoms with E-state index in [-0.39, 0.29) is 36.9 Å². The van der Waals surface area contributed by atoms with Gasteiger partial charge in [0.2, 0.25) is 0 Å². The van der Waals surface area contributed by atoms with Gasteiger partial charge in [-0.05, 0) is 92.8 Å². The molecule has 0 radical (unpaired) electrons. The summed E-state index contributed by atoms with van der Waals surface area (Å²) >= 11 is 0. The van der Waals surface area contributed by atoms with Crippen LogP contribution in [0.5, 0.6) is 5.75 Å². The maximum Gasteiger partial charge on any atom is 0.320 e. The predicted molar refractivity (Wildman–Crippen MR) is 202 cm³/mol. The monoisotopic (exact) mass is 751 g/mol. The molecule has 0 saturated carbocycles. The van der Waals surface area contributed by atoms with Crippen molar-refractivity contribution in [2.45, 2.75) is 161 Å². The van der Waals surface area contributed by atoms with Crippen molar-refractivity contribution in [3.8, 4) is 5.75 Å². The molecule has 4 N–H and O–H groups in total. The number of hydrogen-bond acceptors (Lipinski definition) is 11. The molecular formula is C40H69N3O10. The Hall–Kier alpha value is -2.52. The fraction of sp³-hybridized carbons (Fsp3) is 0.800. The van der Waals surface area contributed by atoms with Crippen molar-refractivity contribution in [2.24, 2.45) is 17.8 Å². The van der Waals surface area contributed by atoms with Crippen molar-refractivity contribution in [1.29, 1.82) is 0 Å². The minimum Gasteiger partial charge on any atom is -0.483 e. The van der Waals surface area contributed by atoms with Gasteiger partial charge in [0.25, 0.3) is 0 Å². The minimum absolute atomic E-state index is 0.0473. The van der Waals surface area contributed by atoms with E-state index in [1.54, 1.807) is 51.6 Å². The molecule has 3 rings (SSSR count). The SMILES string of the molecule is CC[C@H]1OC(=O)[C@H](C)[C@@H](O)[C@H](C)[C@@H](O[C@@H]2O[C@H](C)C[C@H](N(C)C(=O)N(C)C(C)C)[C@H]2Oc2ccccc2)[C@](C)(O)C[C@@H](C)CN(C)[C@H](C)[C@@H](O)[C@]1(C)O. The number of likely N-dealkylation sites (N-methyl/N-ethyl adjacent to an activating group) is 2. The molecule has 2 aliphatic rings. The lowest BCUT2D eigenvalue weighted by Gasteiger charge is -2.48. The third-order valence-corrected chi connectivity index (χ3v) is 11.7. The summed E-state index contributed by atoms with van der Waals surface area (Å²) in [5, 5.41) is 47.1. The van der Waals surface area contributed by atoms with Gasteiger partial charge in [-0.15, -0.1) is 0 Å². The topological polar surface area (TPSA) is 162 Å². The Morgan fingerprint density at radius 1 is 1.06 bits per heavy atom. The molecule has 0 spiro atoms. The summed E-state index contributed by atoms with van der Waals surface area (Å²) in [5.41, 5.74) is -3.37. The predicted octanol–water partition coefficient (Wildman–Crippen LogP) is 3.89. The molecule has 2 amide bonds. The molecule has 2 heterocycles. The van der Waals surface area contributed by atoms with Gasteiger partial charge >= 0.3 is 12.0 Å². The van der Waals surface area contributed by atoms with Gasteiger partial charge in [-0.1, -0.05) is 39.0 Å². The molecule has 0 unspecified atom stereocenters. The molecule has 53 heavy (non-hydrogen) atoms. The van der Waals surface area contributed by atoms with Crippen molar-refractivity contribution in [1.82, 2.24) is 14.7 Å². The number of hydrogen-bond donors (Lipinski definition) is 4. The standard InChI is InChI=1S/C40H69N3O10/c1-14-31-40(10,49)34(45)28(8)41(11)22-24(4)21-39(9,48)35(26(6)32(44)27(7)36(46)52-31)53-37-33(51-29-18-16-15-17-19-29)30(20-25(5)50-37)43(13)38(47)42(12)23(2)3/h15-19,23-28,30-35,37,44-45,48-49H,14,20-22H2,1-13H3/t24-,25-,26+,27-,28-,30+,31-,32+,33-,34-,35-,37+,39-,40-/m1/s1. The summed E-state index contributed by atoms with van der Waals surface area (Å²) in [6.45, 7) is 18.1. The summed E-state index contributed by atoms with van der Waals surface area (Å²) in [7, 11) is 5.32. The number of aliphatic hydroxyl groups is 4. The average molecular weight is 752 g/mol. The van der Waals surface area contributed by atoms with Crippen LogP contribution in [0.2, 0.25) is 0 Å². The number of carbonyl (C=O) groups is 2. The van der Waals surface area contributed by atoms with Crippen LogP contribution < -0.4 is 4.74 Å². The molecule has 1 aromatic rings. The first-order chi connectivity index (χ1) is 24.5. The van der Waals surface area contributed by atoms with Crippen LogP contribution in [-0.4, -0.2) is 147 Å². The van der Waals surface area contributed by atoms with Crippen molar-refractivity contribution in [3.05, 3.63) is 30.3 Å². The van der Waals surface area contributed by atoms with Gasteiger partial charge in [-0.25, -0.2) is 4.79 Å². The number of nitrogens with zero attached hydrogens (tertiary/aromatic N) is 3. The number of benzene rings is 1. The molecular weight excluding hydrogens is 682 g/mol. The van der Waals surface area contributed by atoms with Crippen LogP contribution in [0, 0.1) is 17.8 Å². The Kier molecular flexibility index (Phi) is 15.6. The fourth-order valence-corrected chi connectivity index (χ4v) is 7.99. The number of cyclic esters (lactones) is 1. The molecule has 13 nitrogen and oxygen atoms in total. The van der Waals surface area contributed by atoms with Gasteiger partial charge < -0.3 is 54.1 Å². The van der Waals surface area contributed by atoms with E-state index in [2.05, 4.69) is 0 Å². The maximum absolute atomic E-state index is 13.7. The Morgan fingerprint density at radius 2 is 1.66 bits per heavy atom. The molecule has 2 aliphatic heterocycles. The summed E-state index contributed by atoms with van der Waals surface area (Å²) in [6.07, 6.45) is -6.23. The normalized spacial score (nSPS) is 39.8. The molecule has 0 aliphatic carbocycles. The first-order valence-electron chi connectivity index (χ1n) is 19.3. The number of esters is 1. The van der Waals surface area contributed by atoms with E-state index >= 15 is 0 Å². The van der Waals surface area contributed by atoms with Crippen LogP contribution >= 0.6 is 0 Å². The van der Waals surface area contributed by atoms with E-state index < -0.39 is 77.9 Å². The Bertz CT molecular complexity index is 1310. The lowest BCUT2D eigenvalue weighted by molar-refractivity contribution is -0.294. The van der Waals surface area contributed by atoms with Crippen molar-refractivity contribution in [2.75, 3.05) is 27.7 Å². The zero-order chi connectivity index (χ0) is 40.2. The highest BCUT2D eigenvalue weighted by Crippen LogP contribution is 2.38. The van der Waals surface area contributed by atoms with Crippen molar-refractivity contribution >= 4 is 12.0 Å². The average Bonchev–Trinajstić information content (AvgIpc) is 3.10. The van der Waals surface area contributed by atoms with E-state index in [4.69, 9.17) is 18.9 Å². The summed E-state index contributed by atoms with van der Waals surface area (Å²) < 4.78 is 25.7. The first kappa shape index (κ1) is 44.9. The van der Waals surface area contributed by atoms with Crippen LogP contribution in [-0.2, 0) is 19.0 Å². The molecule has 14 atom stereocenters. The van der Waals surface area contributed by atoms with Crippen molar-refractivity contribution in [3.63, 3.8) is 0 Å². The third kappa shape index (κ3) is 10.6. The maximum atomic E-state index is 13.7. The molecule has 13 heteroatoms. The van der Waals surface area contributed by atoms with Gasteiger partial charge in [0.1, 0.15) is 23.6 Å². The molecule has 2 saturated heterocycles. The van der Waals surface area contributed by atoms with Crippen LogP contribution in [0.3, 0.4) is 0 Å². The number of urea groups is 1. The molecule has 0 aromatic heterocycles. The zero-order valence-electron chi connectivity index (χ0n) is 34.3. The summed E-state index contributed by atoms with van der Waals surface area (Å²) in [6, 6.07) is 7.90. The van der Waals surface area contributed by atoms with Gasteiger partial charge in [0, 0.05) is 38.6 Å². The molecule has 2 fully saturated rings. The van der Waals surface area contributed by atoms with Crippen LogP contribution in [0.25, 0.3) is 0 Å². The largest absolute Gasteiger partial charge is 0.483 e. The second-order valence-electron chi connectivity index (χ2n) is 16.7. The molecule has 1 aromatic carbocycles. The number of aliphatic hydroxyl groups excluding tert-OH is 2. The minimum atomic E-state index is -1.78. The fourth-order valence-electron chi connectivity index (χ4n) is 7.99. The van der Waals surface area contributed by atoms with Crippen molar-refractivity contribution < 1.29 is 49.0 Å².